The van der Waals surface area contributed by atoms with Crippen LogP contribution in [0.25, 0.3) is 11.0 Å². The van der Waals surface area contributed by atoms with E-state index in [9.17, 15) is 0 Å². The van der Waals surface area contributed by atoms with Gasteiger partial charge in [-0.15, -0.1) is 16.7 Å². The van der Waals surface area contributed by atoms with Crippen molar-refractivity contribution in [2.45, 2.75) is 45.0 Å². The highest BCUT2D eigenvalue weighted by Crippen LogP contribution is 2.38. The molecular formula is C21H25Cl2N3O2Si2. The SMILES string of the molecule is C[Si]OC(O[Si]C)C(C)(C)Cc1cc(Cl)ccc1C(Cl)c1ccc2nnn(C)c2c1. The Balaban J connectivity index is 1.96. The van der Waals surface area contributed by atoms with Gasteiger partial charge in [-0.25, -0.2) is 4.68 Å². The molecule has 2 aromatic carbocycles. The smallest absolute Gasteiger partial charge is 0.229 e. The summed E-state index contributed by atoms with van der Waals surface area (Å²) in [7, 11) is 2.59. The standard InChI is InChI=1S/C21H25Cl2N3O2Si2/c1-21(2,20(27-29-4)28-30-5)12-14-10-15(22)7-8-16(14)19(23)13-6-9-17-18(11-13)26(3)25-24-17/h6-11,19-20H,12H2,1-5H3. The number of halogens is 2. The van der Waals surface area contributed by atoms with Crippen LogP contribution in [-0.4, -0.2) is 40.8 Å². The summed E-state index contributed by atoms with van der Waals surface area (Å²) in [5.41, 5.74) is 4.65. The second-order valence-electron chi connectivity index (χ2n) is 7.81. The van der Waals surface area contributed by atoms with Crippen LogP contribution < -0.4 is 0 Å². The molecule has 0 aliphatic rings. The molecule has 0 spiro atoms. The molecule has 5 nitrogen and oxygen atoms in total. The van der Waals surface area contributed by atoms with Crippen LogP contribution in [0.5, 0.6) is 0 Å². The van der Waals surface area contributed by atoms with E-state index in [1.165, 1.54) is 0 Å². The average molecular weight is 479 g/mol. The minimum atomic E-state index is -0.325. The number of hydrogen-bond acceptors (Lipinski definition) is 4. The van der Waals surface area contributed by atoms with Gasteiger partial charge in [-0.1, -0.05) is 42.8 Å². The predicted octanol–water partition coefficient (Wildman–Crippen LogP) is 5.21. The summed E-state index contributed by atoms with van der Waals surface area (Å²) in [5.74, 6) is 0. The number of alkyl halides is 1. The van der Waals surface area contributed by atoms with Crippen molar-refractivity contribution < 1.29 is 8.85 Å². The van der Waals surface area contributed by atoms with Gasteiger partial charge in [-0.2, -0.15) is 0 Å². The molecule has 0 N–H and O–H groups in total. The number of rotatable bonds is 9. The third-order valence-corrected chi connectivity index (χ3v) is 6.66. The molecule has 1 aromatic heterocycles. The largest absolute Gasteiger partial charge is 0.394 e. The molecule has 158 valence electrons. The number of fused-ring (bicyclic) bond motifs is 1. The summed E-state index contributed by atoms with van der Waals surface area (Å²) in [6, 6.07) is 11.9. The first kappa shape index (κ1) is 23.4. The molecule has 9 heteroatoms. The van der Waals surface area contributed by atoms with Crippen molar-refractivity contribution >= 4 is 53.8 Å². The number of aromatic nitrogens is 3. The van der Waals surface area contributed by atoms with E-state index in [-0.39, 0.29) is 17.1 Å². The van der Waals surface area contributed by atoms with Crippen LogP contribution in [-0.2, 0) is 22.3 Å². The Kier molecular flexibility index (Phi) is 7.76. The predicted molar refractivity (Wildman–Crippen MR) is 124 cm³/mol. The summed E-state index contributed by atoms with van der Waals surface area (Å²) in [6.45, 7) is 8.32. The van der Waals surface area contributed by atoms with Crippen molar-refractivity contribution in [3.63, 3.8) is 0 Å². The number of nitrogens with zero attached hydrogens (tertiary/aromatic N) is 3. The third kappa shape index (κ3) is 5.15. The molecule has 0 aliphatic carbocycles. The van der Waals surface area contributed by atoms with Gasteiger partial charge in [0.1, 0.15) is 11.8 Å². The Morgan fingerprint density at radius 1 is 1.10 bits per heavy atom. The quantitative estimate of drug-likeness (QED) is 0.241. The molecular weight excluding hydrogens is 453 g/mol. The molecule has 4 radical (unpaired) electrons. The van der Waals surface area contributed by atoms with Crippen molar-refractivity contribution in [1.82, 2.24) is 15.0 Å². The van der Waals surface area contributed by atoms with Gasteiger partial charge in [0.2, 0.25) is 19.5 Å². The third-order valence-electron chi connectivity index (χ3n) is 5.04. The minimum absolute atomic E-state index is 0.252. The van der Waals surface area contributed by atoms with E-state index in [0.717, 1.165) is 34.1 Å². The van der Waals surface area contributed by atoms with Gasteiger partial charge in [0.15, 0.2) is 0 Å². The average Bonchev–Trinajstić information content (AvgIpc) is 3.07. The number of aryl methyl sites for hydroxylation is 1. The van der Waals surface area contributed by atoms with Crippen LogP contribution in [0.3, 0.4) is 0 Å². The molecule has 1 unspecified atom stereocenters. The van der Waals surface area contributed by atoms with Crippen LogP contribution in [0.15, 0.2) is 36.4 Å². The highest BCUT2D eigenvalue weighted by atomic mass is 35.5. The maximum atomic E-state index is 6.99. The Morgan fingerprint density at radius 3 is 2.47 bits per heavy atom. The maximum Gasteiger partial charge on any atom is 0.229 e. The molecule has 3 aromatic rings. The first-order chi connectivity index (χ1) is 14.3. The van der Waals surface area contributed by atoms with Crippen LogP contribution >= 0.6 is 23.2 Å². The Bertz CT molecular complexity index is 1010. The molecule has 0 fully saturated rings. The molecule has 0 saturated heterocycles. The van der Waals surface area contributed by atoms with Gasteiger partial charge in [0.25, 0.3) is 0 Å². The van der Waals surface area contributed by atoms with E-state index in [1.807, 2.05) is 56.5 Å². The van der Waals surface area contributed by atoms with E-state index >= 15 is 0 Å². The van der Waals surface area contributed by atoms with Crippen LogP contribution in [0.2, 0.25) is 18.1 Å². The zero-order chi connectivity index (χ0) is 21.9. The minimum Gasteiger partial charge on any atom is -0.394 e. The van der Waals surface area contributed by atoms with Crippen molar-refractivity contribution in [2.24, 2.45) is 12.5 Å². The van der Waals surface area contributed by atoms with Crippen molar-refractivity contribution in [3.8, 4) is 0 Å². The van der Waals surface area contributed by atoms with Gasteiger partial charge < -0.3 is 8.85 Å². The summed E-state index contributed by atoms with van der Waals surface area (Å²) < 4.78 is 13.6. The lowest BCUT2D eigenvalue weighted by Crippen LogP contribution is -2.37. The second-order valence-corrected chi connectivity index (χ2v) is 9.97. The molecule has 1 heterocycles. The summed E-state index contributed by atoms with van der Waals surface area (Å²) >= 11 is 13.3. The Morgan fingerprint density at radius 2 is 1.80 bits per heavy atom. The second kappa shape index (κ2) is 9.93. The lowest BCUT2D eigenvalue weighted by atomic mass is 9.82. The lowest BCUT2D eigenvalue weighted by molar-refractivity contribution is -0.0783. The van der Waals surface area contributed by atoms with Gasteiger partial charge in [0.05, 0.1) is 10.9 Å². The maximum absolute atomic E-state index is 6.99. The topological polar surface area (TPSA) is 49.2 Å². The molecule has 0 amide bonds. The zero-order valence-electron chi connectivity index (χ0n) is 17.7. The lowest BCUT2D eigenvalue weighted by Gasteiger charge is -2.35. The Labute approximate surface area is 192 Å². The van der Waals surface area contributed by atoms with Gasteiger partial charge >= 0.3 is 0 Å². The van der Waals surface area contributed by atoms with Gasteiger partial charge in [-0.05, 0) is 60.5 Å². The Hall–Kier alpha value is -1.23. The summed E-state index contributed by atoms with van der Waals surface area (Å²) in [4.78, 5) is 0. The summed E-state index contributed by atoms with van der Waals surface area (Å²) in [5, 5.41) is 8.59. The first-order valence-electron chi connectivity index (χ1n) is 9.63. The summed E-state index contributed by atoms with van der Waals surface area (Å²) in [6.07, 6.45) is 0.433. The van der Waals surface area contributed by atoms with Crippen molar-refractivity contribution in [2.75, 3.05) is 0 Å². The number of hydrogen-bond donors (Lipinski definition) is 0. The monoisotopic (exact) mass is 477 g/mol. The van der Waals surface area contributed by atoms with E-state index < -0.39 is 0 Å². The van der Waals surface area contributed by atoms with E-state index in [1.54, 1.807) is 4.68 Å². The fraction of sp³-hybridized carbons (Fsp3) is 0.429. The van der Waals surface area contributed by atoms with E-state index in [0.29, 0.717) is 24.5 Å². The fourth-order valence-corrected chi connectivity index (χ4v) is 5.29. The van der Waals surface area contributed by atoms with E-state index in [4.69, 9.17) is 32.1 Å². The fourth-order valence-electron chi connectivity index (χ4n) is 3.49. The van der Waals surface area contributed by atoms with Gasteiger partial charge in [0, 0.05) is 17.5 Å². The van der Waals surface area contributed by atoms with Crippen LogP contribution in [0.4, 0.5) is 0 Å². The molecule has 1 atom stereocenters. The molecule has 30 heavy (non-hydrogen) atoms. The molecule has 0 aliphatic heterocycles. The van der Waals surface area contributed by atoms with Crippen LogP contribution in [0, 0.1) is 5.41 Å². The van der Waals surface area contributed by atoms with E-state index in [2.05, 4.69) is 24.2 Å². The molecule has 0 bridgehead atoms. The van der Waals surface area contributed by atoms with Crippen LogP contribution in [0.1, 0.15) is 35.9 Å². The molecule has 0 saturated carbocycles. The zero-order valence-corrected chi connectivity index (χ0v) is 21.3. The van der Waals surface area contributed by atoms with Crippen molar-refractivity contribution in [3.05, 3.63) is 58.1 Å². The normalized spacial score (nSPS) is 13.3. The number of benzene rings is 2. The van der Waals surface area contributed by atoms with Gasteiger partial charge in [-0.3, -0.25) is 0 Å². The molecule has 3 rings (SSSR count). The highest BCUT2D eigenvalue weighted by Gasteiger charge is 2.32. The first-order valence-corrected chi connectivity index (χ1v) is 13.3. The van der Waals surface area contributed by atoms with Crippen molar-refractivity contribution in [1.29, 1.82) is 0 Å². The highest BCUT2D eigenvalue weighted by molar-refractivity contribution is 6.30.